The van der Waals surface area contributed by atoms with Gasteiger partial charge in [-0.15, -0.1) is 0 Å². The molecule has 1 aliphatic rings. The van der Waals surface area contributed by atoms with Crippen molar-refractivity contribution in [2.24, 2.45) is 0 Å². The number of aliphatic hydroxyl groups excluding tert-OH is 1. The first-order valence-corrected chi connectivity index (χ1v) is 7.48. The fourth-order valence-electron chi connectivity index (χ4n) is 3.01. The molecule has 4 nitrogen and oxygen atoms in total. The Kier molecular flexibility index (Phi) is 5.69. The summed E-state index contributed by atoms with van der Waals surface area (Å²) in [6, 6.07) is 9.10. The number of alkyl halides is 1. The molecule has 3 atom stereocenters. The molecule has 0 aromatic heterocycles. The maximum atomic E-state index is 13.3. The fourth-order valence-corrected chi connectivity index (χ4v) is 3.01. The molecule has 120 valence electrons. The Hall–Kier alpha value is -1.72. The second kappa shape index (κ2) is 7.51. The van der Waals surface area contributed by atoms with Crippen molar-refractivity contribution in [3.63, 3.8) is 0 Å². The van der Waals surface area contributed by atoms with Gasteiger partial charge in [-0.25, -0.2) is 4.39 Å². The SMILES string of the molecule is C=C(CNC(C)=O)C1C(O)CC(CF)N1Cc1ccccc1. The van der Waals surface area contributed by atoms with E-state index < -0.39 is 12.8 Å². The average Bonchev–Trinajstić information content (AvgIpc) is 2.81. The van der Waals surface area contributed by atoms with E-state index in [1.165, 1.54) is 6.92 Å². The van der Waals surface area contributed by atoms with Crippen LogP contribution in [0.5, 0.6) is 0 Å². The summed E-state index contributed by atoms with van der Waals surface area (Å²) in [7, 11) is 0. The molecule has 1 saturated heterocycles. The Morgan fingerprint density at radius 3 is 2.73 bits per heavy atom. The zero-order chi connectivity index (χ0) is 16.1. The van der Waals surface area contributed by atoms with Gasteiger partial charge in [0.2, 0.25) is 5.91 Å². The zero-order valence-corrected chi connectivity index (χ0v) is 12.8. The maximum Gasteiger partial charge on any atom is 0.217 e. The molecule has 0 radical (unpaired) electrons. The molecule has 3 unspecified atom stereocenters. The van der Waals surface area contributed by atoms with Crippen LogP contribution in [0.25, 0.3) is 0 Å². The molecule has 1 amide bonds. The van der Waals surface area contributed by atoms with Gasteiger partial charge in [-0.05, 0) is 17.6 Å². The Balaban J connectivity index is 2.13. The Morgan fingerprint density at radius 1 is 1.45 bits per heavy atom. The molecule has 5 heteroatoms. The highest BCUT2D eigenvalue weighted by Crippen LogP contribution is 2.30. The van der Waals surface area contributed by atoms with Gasteiger partial charge < -0.3 is 10.4 Å². The van der Waals surface area contributed by atoms with Crippen molar-refractivity contribution in [3.8, 4) is 0 Å². The number of carbonyl (C=O) groups is 1. The van der Waals surface area contributed by atoms with E-state index in [1.54, 1.807) is 0 Å². The molecule has 0 saturated carbocycles. The standard InChI is InChI=1S/C17H23FN2O2/c1-12(10-19-13(2)21)17-16(22)8-15(9-18)20(17)11-14-6-4-3-5-7-14/h3-7,15-17,22H,1,8-11H2,2H3,(H,19,21). The highest BCUT2D eigenvalue weighted by molar-refractivity contribution is 5.73. The summed E-state index contributed by atoms with van der Waals surface area (Å²) in [4.78, 5) is 13.0. The van der Waals surface area contributed by atoms with E-state index in [0.29, 0.717) is 25.1 Å². The number of hydrogen-bond donors (Lipinski definition) is 2. The van der Waals surface area contributed by atoms with Crippen LogP contribution in [0.4, 0.5) is 4.39 Å². The normalized spacial score (nSPS) is 25.1. The zero-order valence-electron chi connectivity index (χ0n) is 12.8. The number of amides is 1. The number of benzene rings is 1. The molecule has 1 aromatic carbocycles. The highest BCUT2D eigenvalue weighted by atomic mass is 19.1. The number of aliphatic hydroxyl groups is 1. The highest BCUT2D eigenvalue weighted by Gasteiger charge is 2.41. The minimum atomic E-state index is -0.661. The Labute approximate surface area is 130 Å². The van der Waals surface area contributed by atoms with E-state index in [-0.39, 0.29) is 18.0 Å². The fraction of sp³-hybridized carbons (Fsp3) is 0.471. The molecule has 1 aromatic rings. The van der Waals surface area contributed by atoms with E-state index in [2.05, 4.69) is 11.9 Å². The van der Waals surface area contributed by atoms with Crippen molar-refractivity contribution in [1.29, 1.82) is 0 Å². The van der Waals surface area contributed by atoms with Crippen LogP contribution in [0.2, 0.25) is 0 Å². The molecule has 0 aliphatic carbocycles. The molecule has 22 heavy (non-hydrogen) atoms. The molecule has 0 spiro atoms. The minimum Gasteiger partial charge on any atom is -0.391 e. The first kappa shape index (κ1) is 16.6. The van der Waals surface area contributed by atoms with Gasteiger partial charge in [0.25, 0.3) is 0 Å². The number of rotatable bonds is 6. The molecular formula is C17H23FN2O2. The van der Waals surface area contributed by atoms with Crippen LogP contribution < -0.4 is 5.32 Å². The van der Waals surface area contributed by atoms with E-state index in [0.717, 1.165) is 5.56 Å². The second-order valence-electron chi connectivity index (χ2n) is 5.78. The van der Waals surface area contributed by atoms with Gasteiger partial charge in [0.1, 0.15) is 6.67 Å². The number of carbonyl (C=O) groups excluding carboxylic acids is 1. The van der Waals surface area contributed by atoms with Crippen molar-refractivity contribution in [3.05, 3.63) is 48.0 Å². The predicted octanol–water partition coefficient (Wildman–Crippen LogP) is 1.65. The third-order valence-electron chi connectivity index (χ3n) is 4.07. The van der Waals surface area contributed by atoms with Crippen LogP contribution in [0.15, 0.2) is 42.5 Å². The second-order valence-corrected chi connectivity index (χ2v) is 5.78. The lowest BCUT2D eigenvalue weighted by Crippen LogP contribution is -2.42. The average molecular weight is 306 g/mol. The summed E-state index contributed by atoms with van der Waals surface area (Å²) in [5.41, 5.74) is 1.77. The van der Waals surface area contributed by atoms with Gasteiger partial charge in [-0.1, -0.05) is 36.9 Å². The number of halogens is 1. The summed E-state index contributed by atoms with van der Waals surface area (Å²) in [5, 5.41) is 13.0. The first-order chi connectivity index (χ1) is 10.5. The van der Waals surface area contributed by atoms with Crippen LogP contribution in [0.3, 0.4) is 0 Å². The van der Waals surface area contributed by atoms with Crippen LogP contribution in [-0.4, -0.2) is 47.3 Å². The van der Waals surface area contributed by atoms with Crippen LogP contribution in [0.1, 0.15) is 18.9 Å². The lowest BCUT2D eigenvalue weighted by molar-refractivity contribution is -0.118. The van der Waals surface area contributed by atoms with Gasteiger partial charge >= 0.3 is 0 Å². The van der Waals surface area contributed by atoms with Crippen molar-refractivity contribution in [2.75, 3.05) is 13.2 Å². The summed E-state index contributed by atoms with van der Waals surface area (Å²) in [6.45, 7) is 5.75. The summed E-state index contributed by atoms with van der Waals surface area (Å²) in [6.07, 6.45) is -0.279. The predicted molar refractivity (Wildman–Crippen MR) is 84.0 cm³/mol. The van der Waals surface area contributed by atoms with Crippen LogP contribution in [-0.2, 0) is 11.3 Å². The first-order valence-electron chi connectivity index (χ1n) is 7.48. The van der Waals surface area contributed by atoms with Gasteiger partial charge in [0.15, 0.2) is 0 Å². The number of nitrogens with one attached hydrogen (secondary N) is 1. The Bertz CT molecular complexity index is 521. The van der Waals surface area contributed by atoms with E-state index in [9.17, 15) is 14.3 Å². The largest absolute Gasteiger partial charge is 0.391 e. The minimum absolute atomic E-state index is 0.148. The van der Waals surface area contributed by atoms with E-state index in [1.807, 2.05) is 35.2 Å². The molecule has 1 heterocycles. The smallest absolute Gasteiger partial charge is 0.217 e. The molecule has 1 aliphatic heterocycles. The maximum absolute atomic E-state index is 13.3. The van der Waals surface area contributed by atoms with Crippen molar-refractivity contribution >= 4 is 5.91 Å². The molecule has 2 N–H and O–H groups in total. The third kappa shape index (κ3) is 3.93. The Morgan fingerprint density at radius 2 is 2.14 bits per heavy atom. The number of hydrogen-bond acceptors (Lipinski definition) is 3. The number of nitrogens with zero attached hydrogens (tertiary/aromatic N) is 1. The quantitative estimate of drug-likeness (QED) is 0.786. The molecular weight excluding hydrogens is 283 g/mol. The van der Waals surface area contributed by atoms with Crippen LogP contribution in [0, 0.1) is 0 Å². The van der Waals surface area contributed by atoms with Gasteiger partial charge in [0, 0.05) is 26.1 Å². The lowest BCUT2D eigenvalue weighted by atomic mass is 10.0. The summed E-state index contributed by atoms with van der Waals surface area (Å²) in [5.74, 6) is -0.148. The van der Waals surface area contributed by atoms with Crippen LogP contribution >= 0.6 is 0 Å². The van der Waals surface area contributed by atoms with E-state index >= 15 is 0 Å². The summed E-state index contributed by atoms with van der Waals surface area (Å²) < 4.78 is 13.3. The van der Waals surface area contributed by atoms with Crippen molar-refractivity contribution in [2.45, 2.75) is 38.1 Å². The molecule has 2 rings (SSSR count). The van der Waals surface area contributed by atoms with Gasteiger partial charge in [0.05, 0.1) is 12.1 Å². The topological polar surface area (TPSA) is 52.6 Å². The molecule has 1 fully saturated rings. The van der Waals surface area contributed by atoms with Crippen molar-refractivity contribution < 1.29 is 14.3 Å². The van der Waals surface area contributed by atoms with Crippen molar-refractivity contribution in [1.82, 2.24) is 10.2 Å². The number of likely N-dealkylation sites (tertiary alicyclic amines) is 1. The monoisotopic (exact) mass is 306 g/mol. The van der Waals surface area contributed by atoms with E-state index in [4.69, 9.17) is 0 Å². The van der Waals surface area contributed by atoms with Gasteiger partial charge in [-0.2, -0.15) is 0 Å². The van der Waals surface area contributed by atoms with Gasteiger partial charge in [-0.3, -0.25) is 9.69 Å². The molecule has 0 bridgehead atoms. The third-order valence-corrected chi connectivity index (χ3v) is 4.07. The summed E-state index contributed by atoms with van der Waals surface area (Å²) >= 11 is 0. The lowest BCUT2D eigenvalue weighted by Gasteiger charge is -2.31.